The average molecular weight is 261 g/mol. The van der Waals surface area contributed by atoms with E-state index in [0.29, 0.717) is 12.1 Å². The van der Waals surface area contributed by atoms with E-state index >= 15 is 0 Å². The Bertz CT molecular complexity index is 343. The summed E-state index contributed by atoms with van der Waals surface area (Å²) in [5.41, 5.74) is 0.220. The van der Waals surface area contributed by atoms with E-state index in [4.69, 9.17) is 0 Å². The standard InChI is InChI=1S/C13H27NO2S/c1-10(13(2,3)4)14-11-7-6-8-12(9-11)17(5,15)16/h10-12,14H,6-9H2,1-5H3. The molecule has 0 amide bonds. The van der Waals surface area contributed by atoms with Crippen LogP contribution in [0.15, 0.2) is 0 Å². The van der Waals surface area contributed by atoms with Crippen molar-refractivity contribution in [3.63, 3.8) is 0 Å². The van der Waals surface area contributed by atoms with Crippen LogP contribution in [0, 0.1) is 5.41 Å². The van der Waals surface area contributed by atoms with Crippen LogP contribution in [-0.4, -0.2) is 32.0 Å². The molecule has 0 heterocycles. The molecule has 4 heteroatoms. The average Bonchev–Trinajstić information content (AvgIpc) is 2.15. The van der Waals surface area contributed by atoms with Crippen LogP contribution in [0.5, 0.6) is 0 Å². The maximum atomic E-state index is 11.6. The fourth-order valence-corrected chi connectivity index (χ4v) is 3.47. The SMILES string of the molecule is CC(NC1CCCC(S(C)(=O)=O)C1)C(C)(C)C. The summed E-state index contributed by atoms with van der Waals surface area (Å²) in [6, 6.07) is 0.767. The molecular formula is C13H27NO2S. The Balaban J connectivity index is 2.57. The molecule has 102 valence electrons. The lowest BCUT2D eigenvalue weighted by molar-refractivity contribution is 0.238. The molecule has 0 spiro atoms. The first-order valence-corrected chi connectivity index (χ1v) is 8.51. The maximum absolute atomic E-state index is 11.6. The molecule has 0 aromatic carbocycles. The van der Waals surface area contributed by atoms with Gasteiger partial charge in [-0.1, -0.05) is 27.2 Å². The summed E-state index contributed by atoms with van der Waals surface area (Å²) in [6.07, 6.45) is 5.10. The van der Waals surface area contributed by atoms with Crippen molar-refractivity contribution in [3.05, 3.63) is 0 Å². The summed E-state index contributed by atoms with van der Waals surface area (Å²) in [5, 5.41) is 3.46. The molecule has 0 radical (unpaired) electrons. The molecule has 3 unspecified atom stereocenters. The molecule has 1 N–H and O–H groups in total. The van der Waals surface area contributed by atoms with Crippen molar-refractivity contribution >= 4 is 9.84 Å². The second kappa shape index (κ2) is 5.27. The van der Waals surface area contributed by atoms with Gasteiger partial charge in [0.05, 0.1) is 5.25 Å². The minimum absolute atomic E-state index is 0.138. The largest absolute Gasteiger partial charge is 0.311 e. The van der Waals surface area contributed by atoms with Crippen LogP contribution in [0.1, 0.15) is 53.4 Å². The third kappa shape index (κ3) is 4.59. The summed E-state index contributed by atoms with van der Waals surface area (Å²) in [7, 11) is -2.87. The molecule has 3 atom stereocenters. The molecule has 17 heavy (non-hydrogen) atoms. The molecule has 1 rings (SSSR count). The summed E-state index contributed by atoms with van der Waals surface area (Å²) < 4.78 is 23.2. The first-order valence-electron chi connectivity index (χ1n) is 6.55. The summed E-state index contributed by atoms with van der Waals surface area (Å²) in [4.78, 5) is 0. The van der Waals surface area contributed by atoms with Gasteiger partial charge in [0.15, 0.2) is 0 Å². The molecule has 3 nitrogen and oxygen atoms in total. The topological polar surface area (TPSA) is 46.2 Å². The highest BCUT2D eigenvalue weighted by atomic mass is 32.2. The number of rotatable bonds is 3. The predicted molar refractivity (Wildman–Crippen MR) is 72.9 cm³/mol. The Morgan fingerprint density at radius 1 is 1.24 bits per heavy atom. The van der Waals surface area contributed by atoms with Crippen molar-refractivity contribution in [1.29, 1.82) is 0 Å². The van der Waals surface area contributed by atoms with Crippen molar-refractivity contribution < 1.29 is 8.42 Å². The highest BCUT2D eigenvalue weighted by Crippen LogP contribution is 2.26. The van der Waals surface area contributed by atoms with E-state index in [1.54, 1.807) is 0 Å². The molecular weight excluding hydrogens is 234 g/mol. The monoisotopic (exact) mass is 261 g/mol. The minimum Gasteiger partial charge on any atom is -0.311 e. The summed E-state index contributed by atoms with van der Waals surface area (Å²) >= 11 is 0. The van der Waals surface area contributed by atoms with E-state index < -0.39 is 9.84 Å². The fourth-order valence-electron chi connectivity index (χ4n) is 2.29. The third-order valence-electron chi connectivity index (χ3n) is 4.02. The van der Waals surface area contributed by atoms with Gasteiger partial charge in [-0.05, 0) is 31.6 Å². The van der Waals surface area contributed by atoms with Crippen LogP contribution in [-0.2, 0) is 9.84 Å². The highest BCUT2D eigenvalue weighted by Gasteiger charge is 2.31. The molecule has 0 aliphatic heterocycles. The third-order valence-corrected chi connectivity index (χ3v) is 5.66. The van der Waals surface area contributed by atoms with E-state index in [1.807, 2.05) is 0 Å². The van der Waals surface area contributed by atoms with Crippen molar-refractivity contribution in [2.24, 2.45) is 5.41 Å². The van der Waals surface area contributed by atoms with Crippen molar-refractivity contribution in [2.45, 2.75) is 70.7 Å². The first-order chi connectivity index (χ1) is 7.60. The summed E-state index contributed by atoms with van der Waals surface area (Å²) in [5.74, 6) is 0. The zero-order valence-corrected chi connectivity index (χ0v) is 12.6. The van der Waals surface area contributed by atoms with Crippen LogP contribution in [0.4, 0.5) is 0 Å². The van der Waals surface area contributed by atoms with E-state index in [0.717, 1.165) is 25.7 Å². The van der Waals surface area contributed by atoms with Gasteiger partial charge < -0.3 is 5.32 Å². The Hall–Kier alpha value is -0.0900. The first kappa shape index (κ1) is 15.0. The van der Waals surface area contributed by atoms with E-state index in [1.165, 1.54) is 6.26 Å². The normalized spacial score (nSPS) is 29.0. The lowest BCUT2D eigenvalue weighted by Crippen LogP contribution is -2.47. The molecule has 1 aliphatic carbocycles. The van der Waals surface area contributed by atoms with E-state index in [2.05, 4.69) is 33.0 Å². The molecule has 0 aromatic rings. The quantitative estimate of drug-likeness (QED) is 0.848. The number of hydrogen-bond acceptors (Lipinski definition) is 3. The van der Waals surface area contributed by atoms with Crippen LogP contribution in [0.2, 0.25) is 0 Å². The maximum Gasteiger partial charge on any atom is 0.150 e. The molecule has 0 aromatic heterocycles. The highest BCUT2D eigenvalue weighted by molar-refractivity contribution is 7.91. The van der Waals surface area contributed by atoms with Gasteiger partial charge in [0.2, 0.25) is 0 Å². The molecule has 1 fully saturated rings. The van der Waals surface area contributed by atoms with Crippen LogP contribution >= 0.6 is 0 Å². The number of sulfone groups is 1. The fraction of sp³-hybridized carbons (Fsp3) is 1.00. The second-order valence-electron chi connectivity index (χ2n) is 6.57. The van der Waals surface area contributed by atoms with Gasteiger partial charge in [-0.25, -0.2) is 8.42 Å². The van der Waals surface area contributed by atoms with Gasteiger partial charge in [-0.3, -0.25) is 0 Å². The van der Waals surface area contributed by atoms with Crippen molar-refractivity contribution in [1.82, 2.24) is 5.32 Å². The van der Waals surface area contributed by atoms with Crippen LogP contribution < -0.4 is 5.32 Å². The zero-order chi connectivity index (χ0) is 13.3. The lowest BCUT2D eigenvalue weighted by atomic mass is 9.86. The van der Waals surface area contributed by atoms with Gasteiger partial charge in [0, 0.05) is 18.3 Å². The Kier molecular flexibility index (Phi) is 4.64. The van der Waals surface area contributed by atoms with Crippen LogP contribution in [0.3, 0.4) is 0 Å². The minimum atomic E-state index is -2.87. The van der Waals surface area contributed by atoms with Crippen molar-refractivity contribution in [2.75, 3.05) is 6.26 Å². The number of hydrogen-bond donors (Lipinski definition) is 1. The van der Waals surface area contributed by atoms with Crippen molar-refractivity contribution in [3.8, 4) is 0 Å². The smallest absolute Gasteiger partial charge is 0.150 e. The molecule has 1 saturated carbocycles. The van der Waals surface area contributed by atoms with Gasteiger partial charge in [-0.2, -0.15) is 0 Å². The molecule has 0 bridgehead atoms. The van der Waals surface area contributed by atoms with Gasteiger partial charge >= 0.3 is 0 Å². The number of nitrogens with one attached hydrogen (secondary N) is 1. The molecule has 0 saturated heterocycles. The molecule has 1 aliphatic rings. The van der Waals surface area contributed by atoms with E-state index in [9.17, 15) is 8.42 Å². The zero-order valence-electron chi connectivity index (χ0n) is 11.8. The summed E-state index contributed by atoms with van der Waals surface area (Å²) in [6.45, 7) is 8.81. The van der Waals surface area contributed by atoms with E-state index in [-0.39, 0.29) is 10.7 Å². The predicted octanol–water partition coefficient (Wildman–Crippen LogP) is 2.37. The Morgan fingerprint density at radius 3 is 2.29 bits per heavy atom. The van der Waals surface area contributed by atoms with Gasteiger partial charge in [0.25, 0.3) is 0 Å². The Labute approximate surface area is 106 Å². The van der Waals surface area contributed by atoms with Gasteiger partial charge in [0.1, 0.15) is 9.84 Å². The van der Waals surface area contributed by atoms with Crippen LogP contribution in [0.25, 0.3) is 0 Å². The Morgan fingerprint density at radius 2 is 1.82 bits per heavy atom. The lowest BCUT2D eigenvalue weighted by Gasteiger charge is -2.36. The second-order valence-corrected chi connectivity index (χ2v) is 8.90. The van der Waals surface area contributed by atoms with Gasteiger partial charge in [-0.15, -0.1) is 0 Å².